The molecular formula is C14H14F3NO3. The van der Waals surface area contributed by atoms with Gasteiger partial charge in [0.05, 0.1) is 0 Å². The number of nitrogens with one attached hydrogen (secondary N) is 1. The molecule has 114 valence electrons. The molecule has 0 spiro atoms. The Balaban J connectivity index is 2.23. The van der Waals surface area contributed by atoms with Crippen LogP contribution in [0.3, 0.4) is 0 Å². The average Bonchev–Trinajstić information content (AvgIpc) is 2.46. The van der Waals surface area contributed by atoms with Gasteiger partial charge in [-0.05, 0) is 24.1 Å². The number of benzene rings is 1. The molecule has 1 aliphatic rings. The number of rotatable bonds is 3. The summed E-state index contributed by atoms with van der Waals surface area (Å²) >= 11 is 0. The van der Waals surface area contributed by atoms with Gasteiger partial charge in [-0.1, -0.05) is 19.1 Å². The number of amides is 1. The summed E-state index contributed by atoms with van der Waals surface area (Å²) in [5, 5.41) is 2.39. The minimum Gasteiger partial charge on any atom is -0.483 e. The lowest BCUT2D eigenvalue weighted by atomic mass is 10.1. The molecule has 0 radical (unpaired) electrons. The maximum Gasteiger partial charge on any atom is 0.453 e. The van der Waals surface area contributed by atoms with Crippen molar-refractivity contribution < 1.29 is 27.4 Å². The van der Waals surface area contributed by atoms with E-state index >= 15 is 0 Å². The normalized spacial score (nSPS) is 15.2. The first-order valence-electron chi connectivity index (χ1n) is 6.39. The number of anilines is 1. The summed E-state index contributed by atoms with van der Waals surface area (Å²) in [6.45, 7) is 1.59. The average molecular weight is 301 g/mol. The molecule has 4 nitrogen and oxygen atoms in total. The first-order chi connectivity index (χ1) is 9.91. The predicted octanol–water partition coefficient (Wildman–Crippen LogP) is 3.01. The lowest BCUT2D eigenvalue weighted by Crippen LogP contribution is -2.30. The van der Waals surface area contributed by atoms with Gasteiger partial charge < -0.3 is 14.8 Å². The second-order valence-corrected chi connectivity index (χ2v) is 4.36. The molecule has 21 heavy (non-hydrogen) atoms. The number of hydrogen-bond acceptors (Lipinski definition) is 3. The van der Waals surface area contributed by atoms with Crippen LogP contribution in [0, 0.1) is 0 Å². The van der Waals surface area contributed by atoms with Crippen LogP contribution in [0.4, 0.5) is 18.9 Å². The largest absolute Gasteiger partial charge is 0.483 e. The van der Waals surface area contributed by atoms with Gasteiger partial charge in [-0.25, -0.2) is 0 Å². The number of allylic oxidation sites excluding steroid dienone is 1. The van der Waals surface area contributed by atoms with Crippen LogP contribution in [0.15, 0.2) is 35.8 Å². The Morgan fingerprint density at radius 2 is 2.00 bits per heavy atom. The molecule has 0 saturated heterocycles. The van der Waals surface area contributed by atoms with E-state index in [0.29, 0.717) is 5.69 Å². The van der Waals surface area contributed by atoms with Gasteiger partial charge in [0.1, 0.15) is 13.2 Å². The highest BCUT2D eigenvalue weighted by molar-refractivity contribution is 6.02. The van der Waals surface area contributed by atoms with Crippen LogP contribution < -0.4 is 5.32 Å². The third-order valence-electron chi connectivity index (χ3n) is 2.84. The topological polar surface area (TPSA) is 47.6 Å². The number of alkyl halides is 3. The van der Waals surface area contributed by atoms with Crippen LogP contribution in [-0.4, -0.2) is 25.3 Å². The van der Waals surface area contributed by atoms with Crippen molar-refractivity contribution in [2.75, 3.05) is 18.5 Å². The molecular weight excluding hydrogens is 287 g/mol. The second kappa shape index (κ2) is 6.07. The van der Waals surface area contributed by atoms with E-state index in [0.717, 1.165) is 12.0 Å². The molecule has 0 aromatic heterocycles. The Hall–Kier alpha value is -2.18. The molecule has 0 fully saturated rings. The van der Waals surface area contributed by atoms with E-state index in [1.54, 1.807) is 18.2 Å². The Kier molecular flexibility index (Phi) is 4.40. The third kappa shape index (κ3) is 3.68. The quantitative estimate of drug-likeness (QED) is 0.933. The van der Waals surface area contributed by atoms with Crippen LogP contribution in [0.25, 0.3) is 0 Å². The fraction of sp³-hybridized carbons (Fsp3) is 0.357. The van der Waals surface area contributed by atoms with Gasteiger partial charge >= 0.3 is 6.18 Å². The van der Waals surface area contributed by atoms with Gasteiger partial charge in [0, 0.05) is 5.69 Å². The van der Waals surface area contributed by atoms with Crippen molar-refractivity contribution in [2.45, 2.75) is 19.5 Å². The molecule has 2 rings (SSSR count). The number of hydrogen-bond donors (Lipinski definition) is 1. The van der Waals surface area contributed by atoms with Gasteiger partial charge in [0.15, 0.2) is 0 Å². The van der Waals surface area contributed by atoms with E-state index < -0.39 is 23.6 Å². The van der Waals surface area contributed by atoms with Crippen molar-refractivity contribution in [3.05, 3.63) is 41.3 Å². The Morgan fingerprint density at radius 1 is 1.29 bits per heavy atom. The fourth-order valence-corrected chi connectivity index (χ4v) is 1.85. The van der Waals surface area contributed by atoms with E-state index in [2.05, 4.69) is 10.1 Å². The number of carbonyl (C=O) groups excluding carboxylic acids is 1. The second-order valence-electron chi connectivity index (χ2n) is 4.36. The fourth-order valence-electron chi connectivity index (χ4n) is 1.85. The molecule has 0 aliphatic carbocycles. The van der Waals surface area contributed by atoms with Crippen molar-refractivity contribution in [1.29, 1.82) is 0 Å². The summed E-state index contributed by atoms with van der Waals surface area (Å²) in [7, 11) is 0. The number of carbonyl (C=O) groups is 1. The van der Waals surface area contributed by atoms with E-state index in [1.807, 2.05) is 13.0 Å². The van der Waals surface area contributed by atoms with Crippen LogP contribution >= 0.6 is 0 Å². The Bertz CT molecular complexity index is 567. The van der Waals surface area contributed by atoms with Crippen molar-refractivity contribution in [2.24, 2.45) is 0 Å². The Morgan fingerprint density at radius 3 is 2.67 bits per heavy atom. The molecule has 1 aliphatic heterocycles. The smallest absolute Gasteiger partial charge is 0.453 e. The van der Waals surface area contributed by atoms with Crippen molar-refractivity contribution in [3.63, 3.8) is 0 Å². The molecule has 0 saturated carbocycles. The molecule has 1 amide bonds. The van der Waals surface area contributed by atoms with Gasteiger partial charge in [-0.15, -0.1) is 0 Å². The van der Waals surface area contributed by atoms with E-state index in [4.69, 9.17) is 4.74 Å². The van der Waals surface area contributed by atoms with Gasteiger partial charge in [-0.3, -0.25) is 4.79 Å². The zero-order valence-electron chi connectivity index (χ0n) is 11.3. The van der Waals surface area contributed by atoms with Crippen LogP contribution in [0.1, 0.15) is 12.5 Å². The molecule has 0 bridgehead atoms. The third-order valence-corrected chi connectivity index (χ3v) is 2.84. The first-order valence-corrected chi connectivity index (χ1v) is 6.39. The van der Waals surface area contributed by atoms with E-state index in [1.165, 1.54) is 0 Å². The minimum atomic E-state index is -4.77. The summed E-state index contributed by atoms with van der Waals surface area (Å²) < 4.78 is 47.7. The van der Waals surface area contributed by atoms with Crippen LogP contribution in [-0.2, 0) is 20.7 Å². The summed E-state index contributed by atoms with van der Waals surface area (Å²) in [5.41, 5.74) is 1.36. The molecule has 1 aromatic rings. The maximum atomic E-state index is 12.8. The molecule has 7 heteroatoms. The molecule has 1 aromatic carbocycles. The monoisotopic (exact) mass is 301 g/mol. The zero-order chi connectivity index (χ0) is 15.5. The highest BCUT2D eigenvalue weighted by atomic mass is 19.4. The van der Waals surface area contributed by atoms with Gasteiger partial charge in [0.2, 0.25) is 11.5 Å². The van der Waals surface area contributed by atoms with Crippen molar-refractivity contribution in [3.8, 4) is 0 Å². The Labute approximate surface area is 119 Å². The van der Waals surface area contributed by atoms with E-state index in [9.17, 15) is 18.0 Å². The van der Waals surface area contributed by atoms with Gasteiger partial charge in [-0.2, -0.15) is 13.2 Å². The number of halogens is 3. The molecule has 0 unspecified atom stereocenters. The predicted molar refractivity (Wildman–Crippen MR) is 69.4 cm³/mol. The van der Waals surface area contributed by atoms with Gasteiger partial charge in [0.25, 0.3) is 5.91 Å². The van der Waals surface area contributed by atoms with Crippen molar-refractivity contribution in [1.82, 2.24) is 0 Å². The molecule has 0 atom stereocenters. The summed E-state index contributed by atoms with van der Waals surface area (Å²) in [6, 6.07) is 6.85. The molecule has 1 heterocycles. The SMILES string of the molecule is CCc1cccc(NC(=O)C2=C(C(F)(F)F)OCCO2)c1. The lowest BCUT2D eigenvalue weighted by molar-refractivity contribution is -0.151. The lowest BCUT2D eigenvalue weighted by Gasteiger charge is -2.22. The summed E-state index contributed by atoms with van der Waals surface area (Å²) in [4.78, 5) is 12.0. The van der Waals surface area contributed by atoms with Crippen LogP contribution in [0.5, 0.6) is 0 Å². The minimum absolute atomic E-state index is 0.0999. The van der Waals surface area contributed by atoms with Crippen LogP contribution in [0.2, 0.25) is 0 Å². The standard InChI is InChI=1S/C14H14F3NO3/c1-2-9-4-3-5-10(8-9)18-13(19)11-12(14(15,16)17)21-7-6-20-11/h3-5,8H,2,6-7H2,1H3,(H,18,19). The summed E-state index contributed by atoms with van der Waals surface area (Å²) in [5.74, 6) is -3.20. The summed E-state index contributed by atoms with van der Waals surface area (Å²) in [6.07, 6.45) is -4.02. The highest BCUT2D eigenvalue weighted by Crippen LogP contribution is 2.32. The maximum absolute atomic E-state index is 12.8. The highest BCUT2D eigenvalue weighted by Gasteiger charge is 2.43. The van der Waals surface area contributed by atoms with Crippen molar-refractivity contribution >= 4 is 11.6 Å². The van der Waals surface area contributed by atoms with E-state index in [-0.39, 0.29) is 13.2 Å². The number of ether oxygens (including phenoxy) is 2. The number of aryl methyl sites for hydroxylation is 1. The first kappa shape index (κ1) is 15.2. The zero-order valence-corrected chi connectivity index (χ0v) is 11.3. The molecule has 1 N–H and O–H groups in total.